The largest absolute Gasteiger partial charge is 0.491 e. The molecule has 74 valence electrons. The zero-order valence-corrected chi connectivity index (χ0v) is 8.92. The van der Waals surface area contributed by atoms with Gasteiger partial charge >= 0.3 is 0 Å². The van der Waals surface area contributed by atoms with E-state index in [2.05, 4.69) is 15.9 Å². The quantitative estimate of drug-likeness (QED) is 0.893. The highest BCUT2D eigenvalue weighted by Gasteiger charge is 1.90. The Bertz CT molecular complexity index is 213. The van der Waals surface area contributed by atoms with Crippen molar-refractivity contribution < 1.29 is 14.2 Å². The minimum Gasteiger partial charge on any atom is -0.491 e. The van der Waals surface area contributed by atoms with Crippen LogP contribution in [0.5, 0.6) is 5.75 Å². The van der Waals surface area contributed by atoms with E-state index in [0.717, 1.165) is 10.2 Å². The molecule has 0 atom stereocenters. The maximum atomic E-state index is 9.50. The predicted molar refractivity (Wildman–Crippen MR) is 53.8 cm³/mol. The summed E-state index contributed by atoms with van der Waals surface area (Å²) in [6.07, 6.45) is 0. The molecule has 0 saturated carbocycles. The number of benzene rings is 1. The van der Waals surface area contributed by atoms with E-state index in [1.165, 1.54) is 0 Å². The molecule has 13 heavy (non-hydrogen) atoms. The summed E-state index contributed by atoms with van der Waals surface area (Å²) >= 11 is 3.31. The highest BCUT2D eigenvalue weighted by Crippen LogP contribution is 2.15. The molecule has 0 aromatic heterocycles. The summed E-state index contributed by atoms with van der Waals surface area (Å²) in [7, 11) is 0.500. The van der Waals surface area contributed by atoms with Gasteiger partial charge in [0.1, 0.15) is 12.4 Å². The van der Waals surface area contributed by atoms with Crippen molar-refractivity contribution in [3.05, 3.63) is 28.7 Å². The number of rotatable bonds is 3. The molecule has 1 aromatic carbocycles. The maximum absolute atomic E-state index is 9.50. The summed E-state index contributed by atoms with van der Waals surface area (Å²) < 4.78 is 15.7. The average molecular weight is 251 g/mol. The zero-order valence-electron chi connectivity index (χ0n) is 7.34. The molecule has 4 heteroatoms. The molecule has 0 amide bonds. The van der Waals surface area contributed by atoms with Gasteiger partial charge in [0.25, 0.3) is 0 Å². The number of aliphatic hydroxyl groups excluding tert-OH is 1. The molecule has 0 unspecified atom stereocenters. The first kappa shape index (κ1) is 12.4. The van der Waals surface area contributed by atoms with Crippen LogP contribution in [0.15, 0.2) is 28.7 Å². The molecule has 0 spiro atoms. The van der Waals surface area contributed by atoms with Crippen LogP contribution < -0.4 is 4.74 Å². The van der Waals surface area contributed by atoms with Gasteiger partial charge in [-0.25, -0.2) is 0 Å². The molecular formula is C9H12BrFO2. The van der Waals surface area contributed by atoms with E-state index >= 15 is 0 Å². The maximum Gasteiger partial charge on any atom is 0.119 e. The zero-order chi connectivity index (χ0) is 10.1. The third kappa shape index (κ3) is 5.60. The fourth-order valence-electron chi connectivity index (χ4n) is 0.694. The first-order valence-electron chi connectivity index (χ1n) is 3.70. The summed E-state index contributed by atoms with van der Waals surface area (Å²) in [5, 5.41) is 8.45. The second kappa shape index (κ2) is 8.01. The van der Waals surface area contributed by atoms with Crippen LogP contribution in [0.1, 0.15) is 0 Å². The molecule has 0 aliphatic carbocycles. The van der Waals surface area contributed by atoms with Crippen LogP contribution >= 0.6 is 15.9 Å². The standard InChI is InChI=1S/C8H9BrO2.CH3F/c9-7-1-3-8(4-2-7)11-6-5-10;1-2/h1-4,10H,5-6H2;1H3. The molecule has 0 aliphatic rings. The molecule has 1 aromatic rings. The molecule has 0 aliphatic heterocycles. The second-order valence-electron chi connectivity index (χ2n) is 2.03. The van der Waals surface area contributed by atoms with E-state index in [9.17, 15) is 4.39 Å². The van der Waals surface area contributed by atoms with Gasteiger partial charge in [0.15, 0.2) is 0 Å². The normalized spacial score (nSPS) is 8.62. The Hall–Kier alpha value is -0.610. The van der Waals surface area contributed by atoms with Crippen LogP contribution in [0.3, 0.4) is 0 Å². The van der Waals surface area contributed by atoms with Gasteiger partial charge in [-0.2, -0.15) is 0 Å². The number of aliphatic hydroxyl groups is 1. The summed E-state index contributed by atoms with van der Waals surface area (Å²) in [5.41, 5.74) is 0. The third-order valence-electron chi connectivity index (χ3n) is 1.17. The van der Waals surface area contributed by atoms with Crippen molar-refractivity contribution in [1.82, 2.24) is 0 Å². The molecule has 2 nitrogen and oxygen atoms in total. The van der Waals surface area contributed by atoms with Crippen molar-refractivity contribution in [3.63, 3.8) is 0 Å². The number of halogens is 2. The van der Waals surface area contributed by atoms with Gasteiger partial charge in [-0.05, 0) is 24.3 Å². The van der Waals surface area contributed by atoms with E-state index < -0.39 is 0 Å². The smallest absolute Gasteiger partial charge is 0.119 e. The Morgan fingerprint density at radius 3 is 2.31 bits per heavy atom. The number of hydrogen-bond donors (Lipinski definition) is 1. The van der Waals surface area contributed by atoms with Crippen LogP contribution in [-0.2, 0) is 0 Å². The van der Waals surface area contributed by atoms with E-state index in [-0.39, 0.29) is 6.61 Å². The van der Waals surface area contributed by atoms with Gasteiger partial charge in [-0.1, -0.05) is 15.9 Å². The molecule has 1 N–H and O–H groups in total. The summed E-state index contributed by atoms with van der Waals surface area (Å²) in [6.45, 7) is 0.400. The van der Waals surface area contributed by atoms with Crippen molar-refractivity contribution in [2.75, 3.05) is 20.4 Å². The molecular weight excluding hydrogens is 239 g/mol. The summed E-state index contributed by atoms with van der Waals surface area (Å²) in [4.78, 5) is 0. The van der Waals surface area contributed by atoms with Crippen molar-refractivity contribution in [1.29, 1.82) is 0 Å². The predicted octanol–water partition coefficient (Wildman–Crippen LogP) is 2.41. The number of hydrogen-bond acceptors (Lipinski definition) is 2. The minimum absolute atomic E-state index is 0.0517. The Morgan fingerprint density at radius 2 is 1.85 bits per heavy atom. The van der Waals surface area contributed by atoms with Crippen LogP contribution in [0, 0.1) is 0 Å². The lowest BCUT2D eigenvalue weighted by atomic mass is 10.3. The summed E-state index contributed by atoms with van der Waals surface area (Å²) in [5.74, 6) is 0.780. The van der Waals surface area contributed by atoms with Crippen LogP contribution in [0.2, 0.25) is 0 Å². The van der Waals surface area contributed by atoms with Crippen LogP contribution in [0.4, 0.5) is 4.39 Å². The average Bonchev–Trinajstić information content (AvgIpc) is 2.20. The van der Waals surface area contributed by atoms with E-state index in [4.69, 9.17) is 9.84 Å². The van der Waals surface area contributed by atoms with E-state index in [1.807, 2.05) is 24.3 Å². The van der Waals surface area contributed by atoms with Gasteiger partial charge in [-0.15, -0.1) is 0 Å². The topological polar surface area (TPSA) is 29.5 Å². The molecule has 0 heterocycles. The monoisotopic (exact) mass is 250 g/mol. The molecule has 0 fully saturated rings. The molecule has 0 bridgehead atoms. The Balaban J connectivity index is 0.000000671. The fourth-order valence-corrected chi connectivity index (χ4v) is 0.959. The van der Waals surface area contributed by atoms with Crippen LogP contribution in [0.25, 0.3) is 0 Å². The van der Waals surface area contributed by atoms with Crippen molar-refractivity contribution in [2.45, 2.75) is 0 Å². The fraction of sp³-hybridized carbons (Fsp3) is 0.333. The Labute approximate surface area is 85.5 Å². The molecule has 1 rings (SSSR count). The lowest BCUT2D eigenvalue weighted by molar-refractivity contribution is 0.201. The van der Waals surface area contributed by atoms with Gasteiger partial charge in [0.05, 0.1) is 13.8 Å². The SMILES string of the molecule is CF.OCCOc1ccc(Br)cc1. The van der Waals surface area contributed by atoms with Gasteiger partial charge < -0.3 is 9.84 Å². The second-order valence-corrected chi connectivity index (χ2v) is 2.94. The highest BCUT2D eigenvalue weighted by molar-refractivity contribution is 9.10. The molecule has 0 saturated heterocycles. The van der Waals surface area contributed by atoms with Gasteiger partial charge in [-0.3, -0.25) is 4.39 Å². The Morgan fingerprint density at radius 1 is 1.31 bits per heavy atom. The summed E-state index contributed by atoms with van der Waals surface area (Å²) in [6, 6.07) is 7.49. The first-order chi connectivity index (χ1) is 6.33. The highest BCUT2D eigenvalue weighted by atomic mass is 79.9. The lowest BCUT2D eigenvalue weighted by Crippen LogP contribution is -2.00. The van der Waals surface area contributed by atoms with E-state index in [1.54, 1.807) is 0 Å². The van der Waals surface area contributed by atoms with Gasteiger partial charge in [0, 0.05) is 4.47 Å². The van der Waals surface area contributed by atoms with E-state index in [0.29, 0.717) is 13.8 Å². The lowest BCUT2D eigenvalue weighted by Gasteiger charge is -2.02. The number of alkyl halides is 1. The Kier molecular flexibility index (Phi) is 7.63. The third-order valence-corrected chi connectivity index (χ3v) is 1.70. The van der Waals surface area contributed by atoms with Crippen molar-refractivity contribution in [3.8, 4) is 5.75 Å². The van der Waals surface area contributed by atoms with Crippen molar-refractivity contribution >= 4 is 15.9 Å². The van der Waals surface area contributed by atoms with Crippen LogP contribution in [-0.4, -0.2) is 25.5 Å². The number of ether oxygens (including phenoxy) is 1. The van der Waals surface area contributed by atoms with Gasteiger partial charge in [0.2, 0.25) is 0 Å². The molecule has 0 radical (unpaired) electrons. The minimum atomic E-state index is 0.0517. The van der Waals surface area contributed by atoms with Crippen molar-refractivity contribution in [2.24, 2.45) is 0 Å². The first-order valence-corrected chi connectivity index (χ1v) is 4.49.